The van der Waals surface area contributed by atoms with E-state index >= 15 is 0 Å². The number of halogens is 1. The zero-order valence-electron chi connectivity index (χ0n) is 10.3. The lowest BCUT2D eigenvalue weighted by atomic mass is 10.0. The van der Waals surface area contributed by atoms with Crippen molar-refractivity contribution in [1.82, 2.24) is 0 Å². The predicted octanol–water partition coefficient (Wildman–Crippen LogP) is 2.22. The average molecular weight is 271 g/mol. The van der Waals surface area contributed by atoms with Crippen LogP contribution in [0.25, 0.3) is 0 Å². The molecule has 0 fully saturated rings. The Kier molecular flexibility index (Phi) is 5.31. The Balaban J connectivity index is 3.11. The second-order valence-electron chi connectivity index (χ2n) is 3.77. The van der Waals surface area contributed by atoms with E-state index in [2.05, 4.69) is 0 Å². The fourth-order valence-corrected chi connectivity index (χ4v) is 1.68. The normalized spacial score (nSPS) is 12.0. The van der Waals surface area contributed by atoms with Gasteiger partial charge in [-0.1, -0.05) is 12.1 Å². The van der Waals surface area contributed by atoms with Crippen LogP contribution in [0.3, 0.4) is 0 Å². The molecular formula is C13H15ClO4. The third kappa shape index (κ3) is 3.31. The van der Waals surface area contributed by atoms with Crippen molar-refractivity contribution in [3.05, 3.63) is 34.9 Å². The van der Waals surface area contributed by atoms with Crippen LogP contribution in [-0.4, -0.2) is 23.5 Å². The van der Waals surface area contributed by atoms with Gasteiger partial charge in [0.25, 0.3) is 0 Å². The van der Waals surface area contributed by atoms with Crippen LogP contribution in [0.2, 0.25) is 0 Å². The van der Waals surface area contributed by atoms with Crippen LogP contribution in [0.1, 0.15) is 40.7 Å². The van der Waals surface area contributed by atoms with Crippen molar-refractivity contribution in [2.45, 2.75) is 25.8 Å². The van der Waals surface area contributed by atoms with E-state index in [4.69, 9.17) is 16.3 Å². The van der Waals surface area contributed by atoms with Gasteiger partial charge in [-0.3, -0.25) is 4.79 Å². The maximum absolute atomic E-state index is 11.6. The molecule has 0 aliphatic carbocycles. The Bertz CT molecular complexity index is 456. The average Bonchev–Trinajstić information content (AvgIpc) is 2.37. The first-order valence-electron chi connectivity index (χ1n) is 5.56. The van der Waals surface area contributed by atoms with Crippen LogP contribution in [0.5, 0.6) is 0 Å². The first-order chi connectivity index (χ1) is 8.51. The number of ether oxygens (including phenoxy) is 1. The lowest BCUT2D eigenvalue weighted by molar-refractivity contribution is -0.116. The van der Waals surface area contributed by atoms with Crippen LogP contribution in [0.4, 0.5) is 0 Å². The van der Waals surface area contributed by atoms with Gasteiger partial charge < -0.3 is 9.84 Å². The molecule has 1 aromatic carbocycles. The van der Waals surface area contributed by atoms with E-state index in [0.29, 0.717) is 11.1 Å². The minimum atomic E-state index is -0.772. The van der Waals surface area contributed by atoms with Crippen molar-refractivity contribution >= 4 is 23.4 Å². The molecule has 0 saturated carbocycles. The van der Waals surface area contributed by atoms with Gasteiger partial charge in [0.1, 0.15) is 5.38 Å². The van der Waals surface area contributed by atoms with E-state index in [0.717, 1.165) is 0 Å². The van der Waals surface area contributed by atoms with Crippen molar-refractivity contribution in [1.29, 1.82) is 0 Å². The number of carbonyl (C=O) groups excluding carboxylic acids is 2. The summed E-state index contributed by atoms with van der Waals surface area (Å²) < 4.78 is 4.87. The molecule has 1 N–H and O–H groups in total. The van der Waals surface area contributed by atoms with Crippen molar-refractivity contribution in [2.75, 3.05) is 6.61 Å². The van der Waals surface area contributed by atoms with Crippen LogP contribution in [0, 0.1) is 0 Å². The minimum absolute atomic E-state index is 0.190. The van der Waals surface area contributed by atoms with E-state index < -0.39 is 11.3 Å². The number of alkyl halides is 1. The summed E-state index contributed by atoms with van der Waals surface area (Å²) in [6.45, 7) is 3.03. The SMILES string of the molecule is CCOC(=O)c1ccc(C(Cl)C(C)=O)cc1CO. The first kappa shape index (κ1) is 14.7. The number of aliphatic hydroxyl groups is 1. The highest BCUT2D eigenvalue weighted by molar-refractivity contribution is 6.30. The molecule has 0 radical (unpaired) electrons. The summed E-state index contributed by atoms with van der Waals surface area (Å²) in [5.74, 6) is -0.688. The zero-order chi connectivity index (χ0) is 13.7. The van der Waals surface area contributed by atoms with Gasteiger partial charge in [-0.25, -0.2) is 4.79 Å². The van der Waals surface area contributed by atoms with E-state index in [1.54, 1.807) is 19.1 Å². The van der Waals surface area contributed by atoms with Gasteiger partial charge in [0, 0.05) is 0 Å². The smallest absolute Gasteiger partial charge is 0.338 e. The Morgan fingerprint density at radius 1 is 1.44 bits per heavy atom. The second-order valence-corrected chi connectivity index (χ2v) is 4.20. The molecule has 18 heavy (non-hydrogen) atoms. The number of Topliss-reactive ketones (excluding diaryl/α,β-unsaturated/α-hetero) is 1. The molecule has 0 spiro atoms. The molecule has 4 nitrogen and oxygen atoms in total. The third-order valence-corrected chi connectivity index (χ3v) is 3.00. The molecule has 5 heteroatoms. The number of esters is 1. The number of hydrogen-bond donors (Lipinski definition) is 1. The highest BCUT2D eigenvalue weighted by Crippen LogP contribution is 2.24. The summed E-state index contributed by atoms with van der Waals surface area (Å²) in [6.07, 6.45) is 0. The van der Waals surface area contributed by atoms with Gasteiger partial charge in [0.05, 0.1) is 18.8 Å². The Morgan fingerprint density at radius 3 is 2.61 bits per heavy atom. The molecule has 1 rings (SSSR count). The van der Waals surface area contributed by atoms with Gasteiger partial charge in [-0.05, 0) is 31.0 Å². The van der Waals surface area contributed by atoms with Crippen molar-refractivity contribution in [2.24, 2.45) is 0 Å². The number of rotatable bonds is 5. The van der Waals surface area contributed by atoms with Crippen LogP contribution in [-0.2, 0) is 16.1 Å². The Morgan fingerprint density at radius 2 is 2.11 bits per heavy atom. The molecule has 1 atom stereocenters. The maximum Gasteiger partial charge on any atom is 0.338 e. The fraction of sp³-hybridized carbons (Fsp3) is 0.385. The molecule has 98 valence electrons. The first-order valence-corrected chi connectivity index (χ1v) is 6.00. The molecular weight excluding hydrogens is 256 g/mol. The standard InChI is InChI=1S/C13H15ClO4/c1-3-18-13(17)11-5-4-9(6-10(11)7-15)12(14)8(2)16/h4-6,12,15H,3,7H2,1-2H3. The number of hydrogen-bond acceptors (Lipinski definition) is 4. The van der Waals surface area contributed by atoms with Crippen molar-refractivity contribution < 1.29 is 19.4 Å². The molecule has 0 aromatic heterocycles. The predicted molar refractivity (Wildman–Crippen MR) is 67.6 cm³/mol. The summed E-state index contributed by atoms with van der Waals surface area (Å²) in [7, 11) is 0. The van der Waals surface area contributed by atoms with Crippen molar-refractivity contribution in [3.63, 3.8) is 0 Å². The Labute approximate surface area is 111 Å². The quantitative estimate of drug-likeness (QED) is 0.658. The van der Waals surface area contributed by atoms with E-state index in [9.17, 15) is 14.7 Å². The lowest BCUT2D eigenvalue weighted by Crippen LogP contribution is -2.10. The van der Waals surface area contributed by atoms with Crippen LogP contribution < -0.4 is 0 Å². The lowest BCUT2D eigenvalue weighted by Gasteiger charge is -2.11. The van der Waals surface area contributed by atoms with Gasteiger partial charge in [-0.2, -0.15) is 0 Å². The van der Waals surface area contributed by atoms with E-state index in [1.807, 2.05) is 0 Å². The monoisotopic (exact) mass is 270 g/mol. The minimum Gasteiger partial charge on any atom is -0.462 e. The fourth-order valence-electron chi connectivity index (χ4n) is 1.54. The highest BCUT2D eigenvalue weighted by atomic mass is 35.5. The largest absolute Gasteiger partial charge is 0.462 e. The van der Waals surface area contributed by atoms with E-state index in [-0.39, 0.29) is 24.6 Å². The van der Waals surface area contributed by atoms with Gasteiger partial charge in [0.2, 0.25) is 0 Å². The summed E-state index contributed by atoms with van der Waals surface area (Å²) in [5, 5.41) is 8.47. The molecule has 1 aromatic rings. The number of aliphatic hydroxyl groups excluding tert-OH is 1. The summed E-state index contributed by atoms with van der Waals surface area (Å²) in [4.78, 5) is 22.8. The molecule has 0 amide bonds. The van der Waals surface area contributed by atoms with Gasteiger partial charge >= 0.3 is 5.97 Å². The summed E-state index contributed by atoms with van der Waals surface area (Å²) in [5.41, 5.74) is 1.25. The number of ketones is 1. The molecule has 1 unspecified atom stereocenters. The van der Waals surface area contributed by atoms with Gasteiger partial charge in [0.15, 0.2) is 5.78 Å². The molecule has 0 saturated heterocycles. The van der Waals surface area contributed by atoms with Crippen molar-refractivity contribution in [3.8, 4) is 0 Å². The topological polar surface area (TPSA) is 63.6 Å². The number of carbonyl (C=O) groups is 2. The molecule has 0 aliphatic rings. The third-order valence-electron chi connectivity index (χ3n) is 2.44. The number of benzene rings is 1. The maximum atomic E-state index is 11.6. The Hall–Kier alpha value is -1.39. The molecule has 0 aliphatic heterocycles. The molecule has 0 heterocycles. The second kappa shape index (κ2) is 6.52. The summed E-state index contributed by atoms with van der Waals surface area (Å²) in [6, 6.07) is 4.65. The molecule has 0 bridgehead atoms. The zero-order valence-corrected chi connectivity index (χ0v) is 11.0. The highest BCUT2D eigenvalue weighted by Gasteiger charge is 2.17. The van der Waals surface area contributed by atoms with Crippen LogP contribution in [0.15, 0.2) is 18.2 Å². The summed E-state index contributed by atoms with van der Waals surface area (Å²) >= 11 is 5.92. The van der Waals surface area contributed by atoms with Gasteiger partial charge in [-0.15, -0.1) is 11.6 Å². The van der Waals surface area contributed by atoms with Crippen LogP contribution >= 0.6 is 11.6 Å². The van der Waals surface area contributed by atoms with E-state index in [1.165, 1.54) is 13.0 Å².